The molecular formula is C24H29FN2O3S. The quantitative estimate of drug-likeness (QED) is 0.739. The van der Waals surface area contributed by atoms with Crippen molar-refractivity contribution in [2.75, 3.05) is 12.3 Å². The number of amides is 1. The number of nitrogens with two attached hydrogens (primary N) is 1. The van der Waals surface area contributed by atoms with E-state index in [2.05, 4.69) is 0 Å². The van der Waals surface area contributed by atoms with Crippen molar-refractivity contribution in [2.45, 2.75) is 39.2 Å². The van der Waals surface area contributed by atoms with Gasteiger partial charge in [-0.3, -0.25) is 4.79 Å². The van der Waals surface area contributed by atoms with Gasteiger partial charge in [0, 0.05) is 24.4 Å². The second kappa shape index (κ2) is 8.02. The van der Waals surface area contributed by atoms with E-state index in [9.17, 15) is 17.6 Å². The van der Waals surface area contributed by atoms with E-state index in [1.165, 1.54) is 12.1 Å². The van der Waals surface area contributed by atoms with Gasteiger partial charge in [-0.15, -0.1) is 0 Å². The Morgan fingerprint density at radius 1 is 1.16 bits per heavy atom. The minimum Gasteiger partial charge on any atom is -0.338 e. The van der Waals surface area contributed by atoms with Gasteiger partial charge in [0.15, 0.2) is 0 Å². The van der Waals surface area contributed by atoms with Gasteiger partial charge >= 0.3 is 0 Å². The molecule has 1 spiro atoms. The highest BCUT2D eigenvalue weighted by Gasteiger charge is 2.60. The van der Waals surface area contributed by atoms with Crippen molar-refractivity contribution in [3.8, 4) is 11.1 Å². The van der Waals surface area contributed by atoms with Gasteiger partial charge in [0.1, 0.15) is 5.82 Å². The van der Waals surface area contributed by atoms with E-state index in [-0.39, 0.29) is 40.8 Å². The molecule has 1 amide bonds. The molecule has 4 rings (SSSR count). The van der Waals surface area contributed by atoms with Gasteiger partial charge in [0.2, 0.25) is 15.9 Å². The monoisotopic (exact) mass is 444 g/mol. The first kappa shape index (κ1) is 22.0. The standard InChI is InChI=1S/C24H29FN2O3S/c1-16(2)23(28)27-15-24(9-10-24)21(14-31(26,29)30)22(27)12-17-5-3-6-18(11-17)19-7-4-8-20(25)13-19/h3-8,11,13,16,21-22H,9-10,12,14-15H2,1-2H3,(H2,26,29,30). The molecule has 7 heteroatoms. The Bertz CT molecular complexity index is 1100. The third-order valence-corrected chi connectivity index (χ3v) is 7.57. The molecule has 31 heavy (non-hydrogen) atoms. The van der Waals surface area contributed by atoms with E-state index in [1.54, 1.807) is 6.07 Å². The molecule has 1 aliphatic carbocycles. The van der Waals surface area contributed by atoms with Crippen LogP contribution in [0.5, 0.6) is 0 Å². The molecule has 2 atom stereocenters. The number of halogens is 1. The van der Waals surface area contributed by atoms with E-state index in [0.717, 1.165) is 29.5 Å². The number of sulfonamides is 1. The number of nitrogens with zero attached hydrogens (tertiary/aromatic N) is 1. The molecular weight excluding hydrogens is 415 g/mol. The van der Waals surface area contributed by atoms with Crippen LogP contribution in [0.15, 0.2) is 48.5 Å². The summed E-state index contributed by atoms with van der Waals surface area (Å²) in [6.07, 6.45) is 2.40. The molecule has 2 aromatic rings. The van der Waals surface area contributed by atoms with Crippen LogP contribution in [-0.4, -0.2) is 37.6 Å². The molecule has 5 nitrogen and oxygen atoms in total. The van der Waals surface area contributed by atoms with Crippen molar-refractivity contribution in [1.82, 2.24) is 4.90 Å². The molecule has 0 aromatic heterocycles. The smallest absolute Gasteiger partial charge is 0.225 e. The lowest BCUT2D eigenvalue weighted by atomic mass is 9.86. The molecule has 1 saturated carbocycles. The Morgan fingerprint density at radius 2 is 1.81 bits per heavy atom. The number of hydrogen-bond donors (Lipinski definition) is 1. The lowest BCUT2D eigenvalue weighted by Crippen LogP contribution is -2.43. The maximum Gasteiger partial charge on any atom is 0.225 e. The second-order valence-electron chi connectivity index (χ2n) is 9.40. The lowest BCUT2D eigenvalue weighted by Gasteiger charge is -2.30. The van der Waals surface area contributed by atoms with Crippen molar-refractivity contribution in [2.24, 2.45) is 22.4 Å². The SMILES string of the molecule is CC(C)C(=O)N1CC2(CC2)C(CS(N)(=O)=O)C1Cc1cccc(-c2cccc(F)c2)c1. The molecule has 1 heterocycles. The topological polar surface area (TPSA) is 80.5 Å². The molecule has 2 N–H and O–H groups in total. The van der Waals surface area contributed by atoms with Gasteiger partial charge in [-0.25, -0.2) is 17.9 Å². The number of hydrogen-bond acceptors (Lipinski definition) is 3. The highest BCUT2D eigenvalue weighted by atomic mass is 32.2. The fourth-order valence-corrected chi connectivity index (χ4v) is 6.12. The largest absolute Gasteiger partial charge is 0.338 e. The normalized spacial score (nSPS) is 22.3. The summed E-state index contributed by atoms with van der Waals surface area (Å²) in [6.45, 7) is 4.34. The minimum absolute atomic E-state index is 0.0504. The van der Waals surface area contributed by atoms with Gasteiger partial charge in [-0.2, -0.15) is 0 Å². The average molecular weight is 445 g/mol. The first-order valence-electron chi connectivity index (χ1n) is 10.7. The molecule has 0 radical (unpaired) electrons. The van der Waals surface area contributed by atoms with Gasteiger partial charge < -0.3 is 4.90 Å². The maximum absolute atomic E-state index is 13.7. The van der Waals surface area contributed by atoms with Gasteiger partial charge in [-0.05, 0) is 53.5 Å². The third-order valence-electron chi connectivity index (χ3n) is 6.75. The Hall–Kier alpha value is -2.25. The first-order chi connectivity index (χ1) is 14.6. The molecule has 166 valence electrons. The summed E-state index contributed by atoms with van der Waals surface area (Å²) in [5.41, 5.74) is 2.52. The second-order valence-corrected chi connectivity index (χ2v) is 11.1. The van der Waals surface area contributed by atoms with Gasteiger partial charge in [0.05, 0.1) is 5.75 Å². The van der Waals surface area contributed by atoms with Crippen molar-refractivity contribution < 1.29 is 17.6 Å². The number of likely N-dealkylation sites (tertiary alicyclic amines) is 1. The highest BCUT2D eigenvalue weighted by Crippen LogP contribution is 2.59. The minimum atomic E-state index is -3.67. The van der Waals surface area contributed by atoms with Crippen molar-refractivity contribution >= 4 is 15.9 Å². The lowest BCUT2D eigenvalue weighted by molar-refractivity contribution is -0.135. The molecule has 2 aliphatic rings. The summed E-state index contributed by atoms with van der Waals surface area (Å²) in [4.78, 5) is 14.9. The van der Waals surface area contributed by atoms with Crippen LogP contribution in [-0.2, 0) is 21.2 Å². The van der Waals surface area contributed by atoms with E-state index < -0.39 is 10.0 Å². The zero-order valence-electron chi connectivity index (χ0n) is 17.9. The number of carbonyl (C=O) groups is 1. The van der Waals surface area contributed by atoms with Crippen LogP contribution in [0.4, 0.5) is 4.39 Å². The number of primary sulfonamides is 1. The summed E-state index contributed by atoms with van der Waals surface area (Å²) in [6, 6.07) is 14.0. The summed E-state index contributed by atoms with van der Waals surface area (Å²) in [5, 5.41) is 5.45. The zero-order chi connectivity index (χ0) is 22.4. The Balaban J connectivity index is 1.67. The third kappa shape index (κ3) is 4.67. The molecule has 0 bridgehead atoms. The van der Waals surface area contributed by atoms with Crippen LogP contribution in [0.1, 0.15) is 32.3 Å². The van der Waals surface area contributed by atoms with E-state index in [4.69, 9.17) is 5.14 Å². The molecule has 1 aliphatic heterocycles. The predicted molar refractivity (Wildman–Crippen MR) is 119 cm³/mol. The van der Waals surface area contributed by atoms with Crippen molar-refractivity contribution in [3.05, 3.63) is 59.9 Å². The van der Waals surface area contributed by atoms with Crippen molar-refractivity contribution in [1.29, 1.82) is 0 Å². The van der Waals surface area contributed by atoms with Crippen LogP contribution in [0.2, 0.25) is 0 Å². The average Bonchev–Trinajstić information content (AvgIpc) is 3.43. The first-order valence-corrected chi connectivity index (χ1v) is 12.5. The molecule has 1 saturated heterocycles. The number of benzene rings is 2. The summed E-state index contributed by atoms with van der Waals surface area (Å²) < 4.78 is 37.7. The fraction of sp³-hybridized carbons (Fsp3) is 0.458. The summed E-state index contributed by atoms with van der Waals surface area (Å²) >= 11 is 0. The Morgan fingerprint density at radius 3 is 2.39 bits per heavy atom. The van der Waals surface area contributed by atoms with Crippen LogP contribution >= 0.6 is 0 Å². The van der Waals surface area contributed by atoms with Crippen LogP contribution < -0.4 is 5.14 Å². The zero-order valence-corrected chi connectivity index (χ0v) is 18.7. The maximum atomic E-state index is 13.7. The van der Waals surface area contributed by atoms with Crippen LogP contribution in [0.25, 0.3) is 11.1 Å². The fourth-order valence-electron chi connectivity index (χ4n) is 5.04. The Kier molecular flexibility index (Phi) is 5.68. The van der Waals surface area contributed by atoms with E-state index in [0.29, 0.717) is 13.0 Å². The van der Waals surface area contributed by atoms with E-state index in [1.807, 2.05) is 49.1 Å². The predicted octanol–water partition coefficient (Wildman–Crippen LogP) is 3.59. The molecule has 2 unspecified atom stereocenters. The number of rotatable bonds is 6. The van der Waals surface area contributed by atoms with Crippen LogP contribution in [0, 0.1) is 23.1 Å². The van der Waals surface area contributed by atoms with Crippen LogP contribution in [0.3, 0.4) is 0 Å². The van der Waals surface area contributed by atoms with E-state index >= 15 is 0 Å². The molecule has 2 fully saturated rings. The van der Waals surface area contributed by atoms with Crippen molar-refractivity contribution in [3.63, 3.8) is 0 Å². The number of carbonyl (C=O) groups excluding carboxylic acids is 1. The van der Waals surface area contributed by atoms with Gasteiger partial charge in [0.25, 0.3) is 0 Å². The highest BCUT2D eigenvalue weighted by molar-refractivity contribution is 7.89. The Labute approximate surface area is 183 Å². The van der Waals surface area contributed by atoms with Gasteiger partial charge in [-0.1, -0.05) is 50.2 Å². The summed E-state index contributed by atoms with van der Waals surface area (Å²) in [5.74, 6) is -0.692. The summed E-state index contributed by atoms with van der Waals surface area (Å²) in [7, 11) is -3.67. The molecule has 2 aromatic carbocycles.